The lowest BCUT2D eigenvalue weighted by Crippen LogP contribution is -2.50. The summed E-state index contributed by atoms with van der Waals surface area (Å²) in [6.45, 7) is 7.24. The topological polar surface area (TPSA) is 32.8 Å². The van der Waals surface area contributed by atoms with Gasteiger partial charge in [0, 0.05) is 45.8 Å². The van der Waals surface area contributed by atoms with Crippen LogP contribution in [0, 0.1) is 5.92 Å². The molecule has 0 bridgehead atoms. The Kier molecular flexibility index (Phi) is 4.70. The zero-order chi connectivity index (χ0) is 12.3. The van der Waals surface area contributed by atoms with Crippen molar-refractivity contribution in [3.05, 3.63) is 0 Å². The van der Waals surface area contributed by atoms with Gasteiger partial charge in [-0.05, 0) is 19.3 Å². The Balaban J connectivity index is 1.74. The minimum absolute atomic E-state index is 0.287. The fourth-order valence-corrected chi connectivity index (χ4v) is 2.70. The van der Waals surface area contributed by atoms with E-state index in [4.69, 9.17) is 4.74 Å². The Hall–Kier alpha value is -0.260. The van der Waals surface area contributed by atoms with Crippen LogP contribution in [-0.2, 0) is 9.53 Å². The SMILES string of the molecule is CC(S)N1CCN(C(=O)CC2CCOC2)CC1. The van der Waals surface area contributed by atoms with Crippen molar-refractivity contribution in [2.75, 3.05) is 39.4 Å². The molecule has 0 aromatic heterocycles. The molecule has 2 rings (SSSR count). The Morgan fingerprint density at radius 3 is 2.65 bits per heavy atom. The molecule has 0 aromatic rings. The first-order valence-electron chi connectivity index (χ1n) is 6.44. The van der Waals surface area contributed by atoms with E-state index in [-0.39, 0.29) is 5.37 Å². The number of thiol groups is 1. The van der Waals surface area contributed by atoms with E-state index < -0.39 is 0 Å². The highest BCUT2D eigenvalue weighted by molar-refractivity contribution is 7.80. The molecule has 2 aliphatic heterocycles. The van der Waals surface area contributed by atoms with Gasteiger partial charge in [-0.25, -0.2) is 0 Å². The van der Waals surface area contributed by atoms with Crippen molar-refractivity contribution in [3.8, 4) is 0 Å². The van der Waals surface area contributed by atoms with Crippen LogP contribution in [0.15, 0.2) is 0 Å². The highest BCUT2D eigenvalue weighted by Gasteiger charge is 2.26. The van der Waals surface area contributed by atoms with Crippen LogP contribution in [0.4, 0.5) is 0 Å². The summed E-state index contributed by atoms with van der Waals surface area (Å²) in [5.41, 5.74) is 0. The van der Waals surface area contributed by atoms with E-state index in [9.17, 15) is 4.79 Å². The molecule has 2 fully saturated rings. The number of piperazine rings is 1. The van der Waals surface area contributed by atoms with Crippen molar-refractivity contribution in [2.45, 2.75) is 25.1 Å². The minimum Gasteiger partial charge on any atom is -0.381 e. The van der Waals surface area contributed by atoms with E-state index in [2.05, 4.69) is 24.5 Å². The molecule has 5 heteroatoms. The van der Waals surface area contributed by atoms with Gasteiger partial charge in [-0.3, -0.25) is 9.69 Å². The van der Waals surface area contributed by atoms with Gasteiger partial charge in [-0.15, -0.1) is 0 Å². The number of hydrogen-bond acceptors (Lipinski definition) is 4. The van der Waals surface area contributed by atoms with E-state index in [1.165, 1.54) is 0 Å². The van der Waals surface area contributed by atoms with Crippen LogP contribution in [0.1, 0.15) is 19.8 Å². The first-order chi connectivity index (χ1) is 8.16. The van der Waals surface area contributed by atoms with Gasteiger partial charge < -0.3 is 9.64 Å². The maximum Gasteiger partial charge on any atom is 0.223 e. The Morgan fingerprint density at radius 2 is 2.12 bits per heavy atom. The van der Waals surface area contributed by atoms with E-state index >= 15 is 0 Å². The quantitative estimate of drug-likeness (QED) is 0.761. The van der Waals surface area contributed by atoms with E-state index in [1.807, 2.05) is 4.90 Å². The van der Waals surface area contributed by atoms with Crippen molar-refractivity contribution in [3.63, 3.8) is 0 Å². The van der Waals surface area contributed by atoms with Gasteiger partial charge >= 0.3 is 0 Å². The number of rotatable bonds is 3. The van der Waals surface area contributed by atoms with Crippen molar-refractivity contribution in [1.29, 1.82) is 0 Å². The van der Waals surface area contributed by atoms with E-state index in [0.717, 1.165) is 45.8 Å². The van der Waals surface area contributed by atoms with Crippen LogP contribution in [0.3, 0.4) is 0 Å². The number of amides is 1. The highest BCUT2D eigenvalue weighted by Crippen LogP contribution is 2.18. The fraction of sp³-hybridized carbons (Fsp3) is 0.917. The smallest absolute Gasteiger partial charge is 0.223 e. The van der Waals surface area contributed by atoms with Gasteiger partial charge in [0.15, 0.2) is 0 Å². The van der Waals surface area contributed by atoms with Crippen LogP contribution >= 0.6 is 12.6 Å². The van der Waals surface area contributed by atoms with Gasteiger partial charge in [-0.1, -0.05) is 0 Å². The molecule has 0 N–H and O–H groups in total. The molecule has 0 radical (unpaired) electrons. The molecular formula is C12H22N2O2S. The maximum atomic E-state index is 12.1. The predicted molar refractivity (Wildman–Crippen MR) is 70.1 cm³/mol. The number of carbonyl (C=O) groups excluding carboxylic acids is 1. The average Bonchev–Trinajstić information content (AvgIpc) is 2.82. The monoisotopic (exact) mass is 258 g/mol. The van der Waals surface area contributed by atoms with Crippen molar-refractivity contribution in [2.24, 2.45) is 5.92 Å². The first-order valence-corrected chi connectivity index (χ1v) is 6.96. The van der Waals surface area contributed by atoms with Gasteiger partial charge in [-0.2, -0.15) is 12.6 Å². The molecule has 0 aromatic carbocycles. The molecule has 0 aliphatic carbocycles. The van der Waals surface area contributed by atoms with Crippen LogP contribution in [0.2, 0.25) is 0 Å². The van der Waals surface area contributed by atoms with Gasteiger partial charge in [0.1, 0.15) is 0 Å². The van der Waals surface area contributed by atoms with Crippen molar-refractivity contribution >= 4 is 18.5 Å². The molecule has 98 valence electrons. The second kappa shape index (κ2) is 6.07. The fourth-order valence-electron chi connectivity index (χ4n) is 2.47. The van der Waals surface area contributed by atoms with Gasteiger partial charge in [0.2, 0.25) is 5.91 Å². The minimum atomic E-state index is 0.287. The maximum absolute atomic E-state index is 12.1. The molecule has 1 amide bonds. The predicted octanol–water partition coefficient (Wildman–Crippen LogP) is 0.833. The standard InChI is InChI=1S/C12H22N2O2S/c1-10(17)13-3-5-14(6-4-13)12(15)8-11-2-7-16-9-11/h10-11,17H,2-9H2,1H3. The summed E-state index contributed by atoms with van der Waals surface area (Å²) >= 11 is 4.42. The third-order valence-electron chi connectivity index (χ3n) is 3.68. The zero-order valence-electron chi connectivity index (χ0n) is 10.5. The van der Waals surface area contributed by atoms with Crippen LogP contribution < -0.4 is 0 Å². The third kappa shape index (κ3) is 3.60. The summed E-state index contributed by atoms with van der Waals surface area (Å²) in [6.07, 6.45) is 1.70. The number of hydrogen-bond donors (Lipinski definition) is 1. The first kappa shape index (κ1) is 13.2. The van der Waals surface area contributed by atoms with Crippen LogP contribution in [0.25, 0.3) is 0 Å². The highest BCUT2D eigenvalue weighted by atomic mass is 32.1. The van der Waals surface area contributed by atoms with Gasteiger partial charge in [0.05, 0.1) is 5.37 Å². The Labute approximate surface area is 109 Å². The van der Waals surface area contributed by atoms with E-state index in [0.29, 0.717) is 18.2 Å². The second-order valence-electron chi connectivity index (χ2n) is 4.98. The molecule has 0 saturated carbocycles. The van der Waals surface area contributed by atoms with Crippen LogP contribution in [0.5, 0.6) is 0 Å². The lowest BCUT2D eigenvalue weighted by molar-refractivity contribution is -0.134. The lowest BCUT2D eigenvalue weighted by Gasteiger charge is -2.36. The van der Waals surface area contributed by atoms with E-state index in [1.54, 1.807) is 0 Å². The summed E-state index contributed by atoms with van der Waals surface area (Å²) in [5, 5.41) is 0.287. The second-order valence-corrected chi connectivity index (χ2v) is 5.73. The normalized spacial score (nSPS) is 28.4. The molecule has 2 unspecified atom stereocenters. The summed E-state index contributed by atoms with van der Waals surface area (Å²) in [7, 11) is 0. The molecule has 17 heavy (non-hydrogen) atoms. The summed E-state index contributed by atoms with van der Waals surface area (Å²) in [4.78, 5) is 16.4. The van der Waals surface area contributed by atoms with Crippen molar-refractivity contribution < 1.29 is 9.53 Å². The van der Waals surface area contributed by atoms with Crippen molar-refractivity contribution in [1.82, 2.24) is 9.80 Å². The average molecular weight is 258 g/mol. The van der Waals surface area contributed by atoms with Crippen LogP contribution in [-0.4, -0.2) is 60.5 Å². The molecule has 2 aliphatic rings. The molecule has 0 spiro atoms. The summed E-state index contributed by atoms with van der Waals surface area (Å²) in [5.74, 6) is 0.747. The summed E-state index contributed by atoms with van der Waals surface area (Å²) in [6, 6.07) is 0. The Morgan fingerprint density at radius 1 is 1.41 bits per heavy atom. The van der Waals surface area contributed by atoms with Gasteiger partial charge in [0.25, 0.3) is 0 Å². The molecule has 2 heterocycles. The third-order valence-corrected chi connectivity index (χ3v) is 4.01. The number of ether oxygens (including phenoxy) is 1. The summed E-state index contributed by atoms with van der Waals surface area (Å²) < 4.78 is 5.30. The Bertz CT molecular complexity index is 259. The number of nitrogens with zero attached hydrogens (tertiary/aromatic N) is 2. The molecule has 2 saturated heterocycles. The lowest BCUT2D eigenvalue weighted by atomic mass is 10.0. The molecule has 2 atom stereocenters. The zero-order valence-corrected chi connectivity index (χ0v) is 11.4. The molecule has 4 nitrogen and oxygen atoms in total. The largest absolute Gasteiger partial charge is 0.381 e. The molecular weight excluding hydrogens is 236 g/mol. The number of carbonyl (C=O) groups is 1.